The Morgan fingerprint density at radius 1 is 1.33 bits per heavy atom. The highest BCUT2D eigenvalue weighted by atomic mass is 32.2. The van der Waals surface area contributed by atoms with E-state index in [4.69, 9.17) is 5.73 Å². The fourth-order valence-electron chi connectivity index (χ4n) is 1.73. The van der Waals surface area contributed by atoms with Gasteiger partial charge in [-0.1, -0.05) is 19.9 Å². The maximum atomic E-state index is 13.5. The normalized spacial score (nSPS) is 12.1. The van der Waals surface area contributed by atoms with Crippen molar-refractivity contribution in [2.24, 2.45) is 5.73 Å². The van der Waals surface area contributed by atoms with Crippen LogP contribution in [0.4, 0.5) is 4.39 Å². The fourth-order valence-corrected chi connectivity index (χ4v) is 3.39. The van der Waals surface area contributed by atoms with E-state index in [2.05, 4.69) is 4.72 Å². The molecule has 0 saturated carbocycles. The van der Waals surface area contributed by atoms with E-state index >= 15 is 0 Å². The molecule has 0 aliphatic heterocycles. The molecule has 0 spiro atoms. The standard InChI is InChI=1S/C12H19FN2O2S/c1-3-9(4-2)15-18(16,17)12-7-5-6-11(13)10(12)8-14/h5-7,9,15H,3-4,8,14H2,1-2H3. The number of hydrogen-bond donors (Lipinski definition) is 2. The van der Waals surface area contributed by atoms with Crippen molar-refractivity contribution in [1.82, 2.24) is 4.72 Å². The molecule has 4 nitrogen and oxygen atoms in total. The van der Waals surface area contributed by atoms with Gasteiger partial charge in [-0.25, -0.2) is 17.5 Å². The van der Waals surface area contributed by atoms with E-state index in [0.29, 0.717) is 12.8 Å². The number of benzene rings is 1. The number of halogens is 1. The second-order valence-corrected chi connectivity index (χ2v) is 5.74. The summed E-state index contributed by atoms with van der Waals surface area (Å²) in [7, 11) is -3.72. The van der Waals surface area contributed by atoms with E-state index in [1.807, 2.05) is 13.8 Å². The molecule has 102 valence electrons. The summed E-state index contributed by atoms with van der Waals surface area (Å²) in [6, 6.07) is 3.80. The van der Waals surface area contributed by atoms with Crippen LogP contribution in [0.2, 0.25) is 0 Å². The van der Waals surface area contributed by atoms with Crippen LogP contribution in [-0.4, -0.2) is 14.5 Å². The van der Waals surface area contributed by atoms with Crippen LogP contribution in [0.5, 0.6) is 0 Å². The molecular formula is C12H19FN2O2S. The third kappa shape index (κ3) is 3.28. The van der Waals surface area contributed by atoms with Crippen LogP contribution >= 0.6 is 0 Å². The van der Waals surface area contributed by atoms with Gasteiger partial charge in [0.15, 0.2) is 0 Å². The predicted molar refractivity (Wildman–Crippen MR) is 69.0 cm³/mol. The van der Waals surface area contributed by atoms with Crippen molar-refractivity contribution in [3.8, 4) is 0 Å². The minimum Gasteiger partial charge on any atom is -0.326 e. The molecule has 3 N–H and O–H groups in total. The van der Waals surface area contributed by atoms with Crippen molar-refractivity contribution in [2.45, 2.75) is 44.2 Å². The molecule has 1 aromatic rings. The van der Waals surface area contributed by atoms with Gasteiger partial charge in [0, 0.05) is 18.2 Å². The predicted octanol–water partition coefficient (Wildman–Crippen LogP) is 1.75. The summed E-state index contributed by atoms with van der Waals surface area (Å²) >= 11 is 0. The van der Waals surface area contributed by atoms with Crippen LogP contribution in [0.25, 0.3) is 0 Å². The van der Waals surface area contributed by atoms with Crippen LogP contribution in [0.3, 0.4) is 0 Å². The summed E-state index contributed by atoms with van der Waals surface area (Å²) in [5.74, 6) is -0.593. The number of rotatable bonds is 6. The van der Waals surface area contributed by atoms with Gasteiger partial charge in [0.1, 0.15) is 5.82 Å². The van der Waals surface area contributed by atoms with Gasteiger partial charge in [-0.2, -0.15) is 0 Å². The van der Waals surface area contributed by atoms with Gasteiger partial charge in [-0.3, -0.25) is 0 Å². The SMILES string of the molecule is CCC(CC)NS(=O)(=O)c1cccc(F)c1CN. The second-order valence-electron chi connectivity index (χ2n) is 4.06. The lowest BCUT2D eigenvalue weighted by molar-refractivity contribution is 0.527. The minimum absolute atomic E-state index is 0.0240. The summed E-state index contributed by atoms with van der Waals surface area (Å²) in [6.07, 6.45) is 1.37. The molecule has 0 heterocycles. The highest BCUT2D eigenvalue weighted by Crippen LogP contribution is 2.19. The van der Waals surface area contributed by atoms with E-state index in [0.717, 1.165) is 0 Å². The summed E-state index contributed by atoms with van der Waals surface area (Å²) in [6.45, 7) is 3.64. The second kappa shape index (κ2) is 6.26. The molecule has 0 saturated heterocycles. The zero-order chi connectivity index (χ0) is 13.8. The Morgan fingerprint density at radius 2 is 1.94 bits per heavy atom. The van der Waals surface area contributed by atoms with Crippen molar-refractivity contribution < 1.29 is 12.8 Å². The van der Waals surface area contributed by atoms with Crippen LogP contribution in [-0.2, 0) is 16.6 Å². The molecule has 0 atom stereocenters. The summed E-state index contributed by atoms with van der Waals surface area (Å²) in [5, 5.41) is 0. The largest absolute Gasteiger partial charge is 0.326 e. The van der Waals surface area contributed by atoms with Gasteiger partial charge in [-0.05, 0) is 25.0 Å². The third-order valence-electron chi connectivity index (χ3n) is 2.88. The Kier molecular flexibility index (Phi) is 5.25. The van der Waals surface area contributed by atoms with E-state index in [-0.39, 0.29) is 23.0 Å². The lowest BCUT2D eigenvalue weighted by Gasteiger charge is -2.16. The molecule has 0 bridgehead atoms. The zero-order valence-electron chi connectivity index (χ0n) is 10.6. The first-order valence-corrected chi connectivity index (χ1v) is 7.44. The van der Waals surface area contributed by atoms with Crippen LogP contribution < -0.4 is 10.5 Å². The minimum atomic E-state index is -3.72. The van der Waals surface area contributed by atoms with Gasteiger partial charge in [-0.15, -0.1) is 0 Å². The first kappa shape index (κ1) is 15.1. The molecular weight excluding hydrogens is 255 g/mol. The maximum Gasteiger partial charge on any atom is 0.241 e. The molecule has 0 radical (unpaired) electrons. The lowest BCUT2D eigenvalue weighted by atomic mass is 10.2. The summed E-state index contributed by atoms with van der Waals surface area (Å²) in [4.78, 5) is -0.0723. The number of hydrogen-bond acceptors (Lipinski definition) is 3. The van der Waals surface area contributed by atoms with Crippen molar-refractivity contribution in [1.29, 1.82) is 0 Å². The Labute approximate surface area is 107 Å². The Morgan fingerprint density at radius 3 is 2.44 bits per heavy atom. The number of sulfonamides is 1. The molecule has 0 fully saturated rings. The smallest absolute Gasteiger partial charge is 0.241 e. The van der Waals surface area contributed by atoms with Crippen LogP contribution in [0.1, 0.15) is 32.3 Å². The van der Waals surface area contributed by atoms with Gasteiger partial charge >= 0.3 is 0 Å². The Balaban J connectivity index is 3.16. The molecule has 0 aromatic heterocycles. The van der Waals surface area contributed by atoms with E-state index in [1.165, 1.54) is 18.2 Å². The topological polar surface area (TPSA) is 72.2 Å². The van der Waals surface area contributed by atoms with E-state index < -0.39 is 15.8 Å². The van der Waals surface area contributed by atoms with Crippen molar-refractivity contribution in [2.75, 3.05) is 0 Å². The molecule has 18 heavy (non-hydrogen) atoms. The molecule has 0 unspecified atom stereocenters. The molecule has 0 aliphatic carbocycles. The number of nitrogens with two attached hydrogens (primary N) is 1. The van der Waals surface area contributed by atoms with Gasteiger partial charge < -0.3 is 5.73 Å². The van der Waals surface area contributed by atoms with Crippen molar-refractivity contribution >= 4 is 10.0 Å². The van der Waals surface area contributed by atoms with Gasteiger partial charge in [0.2, 0.25) is 10.0 Å². The lowest BCUT2D eigenvalue weighted by Crippen LogP contribution is -2.34. The molecule has 6 heteroatoms. The summed E-state index contributed by atoms with van der Waals surface area (Å²) < 4.78 is 40.4. The highest BCUT2D eigenvalue weighted by molar-refractivity contribution is 7.89. The maximum absolute atomic E-state index is 13.5. The average molecular weight is 274 g/mol. The monoisotopic (exact) mass is 274 g/mol. The van der Waals surface area contributed by atoms with Crippen LogP contribution in [0, 0.1) is 5.82 Å². The quantitative estimate of drug-likeness (QED) is 0.830. The van der Waals surface area contributed by atoms with E-state index in [1.54, 1.807) is 0 Å². The molecule has 1 aromatic carbocycles. The molecule has 1 rings (SSSR count). The van der Waals surface area contributed by atoms with Crippen molar-refractivity contribution in [3.63, 3.8) is 0 Å². The first-order chi connectivity index (χ1) is 8.46. The van der Waals surface area contributed by atoms with Crippen LogP contribution in [0.15, 0.2) is 23.1 Å². The Hall–Kier alpha value is -0.980. The van der Waals surface area contributed by atoms with Gasteiger partial charge in [0.25, 0.3) is 0 Å². The fraction of sp³-hybridized carbons (Fsp3) is 0.500. The molecule has 0 aliphatic rings. The summed E-state index contributed by atoms with van der Waals surface area (Å²) in [5.41, 5.74) is 5.44. The average Bonchev–Trinajstić information content (AvgIpc) is 2.35. The van der Waals surface area contributed by atoms with E-state index in [9.17, 15) is 12.8 Å². The van der Waals surface area contributed by atoms with Crippen molar-refractivity contribution in [3.05, 3.63) is 29.6 Å². The Bertz CT molecular complexity index is 499. The van der Waals surface area contributed by atoms with Gasteiger partial charge in [0.05, 0.1) is 4.90 Å². The highest BCUT2D eigenvalue weighted by Gasteiger charge is 2.22. The third-order valence-corrected chi connectivity index (χ3v) is 4.48. The number of nitrogens with one attached hydrogen (secondary N) is 1. The molecule has 0 amide bonds. The first-order valence-electron chi connectivity index (χ1n) is 5.96. The zero-order valence-corrected chi connectivity index (χ0v) is 11.4.